The molecule has 2 aliphatic rings. The lowest BCUT2D eigenvalue weighted by molar-refractivity contribution is -0.198. The van der Waals surface area contributed by atoms with Gasteiger partial charge in [-0.15, -0.1) is 11.3 Å². The smallest absolute Gasteiger partial charge is 0.242 e. The summed E-state index contributed by atoms with van der Waals surface area (Å²) in [5.74, 6) is -0.155. The summed E-state index contributed by atoms with van der Waals surface area (Å²) in [5, 5.41) is 21.3. The van der Waals surface area contributed by atoms with Crippen molar-refractivity contribution in [3.63, 3.8) is 0 Å². The standard InChI is InChI=1S/C18H25N5O3S/c1-17(21-14(24)13-23-8-2-6-20-23)5-11-26-18(15(17)25)3-9-22(10-4-18)16-19-7-12-27-16/h2,6-8,12,15,25H,3-5,9-11,13H2,1H3,(H,21,24)/t15-,17+/m1/s1. The van der Waals surface area contributed by atoms with Gasteiger partial charge in [-0.05, 0) is 32.3 Å². The van der Waals surface area contributed by atoms with Crippen molar-refractivity contribution in [3.8, 4) is 0 Å². The van der Waals surface area contributed by atoms with Gasteiger partial charge < -0.3 is 20.1 Å². The molecule has 0 radical (unpaired) electrons. The number of amides is 1. The Balaban J connectivity index is 1.42. The maximum atomic E-state index is 12.5. The summed E-state index contributed by atoms with van der Waals surface area (Å²) >= 11 is 1.62. The Morgan fingerprint density at radius 1 is 1.41 bits per heavy atom. The minimum absolute atomic E-state index is 0.140. The Hall–Kier alpha value is -1.97. The fraction of sp³-hybridized carbons (Fsp3) is 0.611. The molecule has 2 aromatic heterocycles. The van der Waals surface area contributed by atoms with E-state index >= 15 is 0 Å². The molecule has 0 saturated carbocycles. The van der Waals surface area contributed by atoms with Crippen LogP contribution in [0, 0.1) is 0 Å². The average Bonchev–Trinajstić information content (AvgIpc) is 3.34. The second-order valence-corrected chi connectivity index (χ2v) is 8.41. The molecule has 4 heterocycles. The van der Waals surface area contributed by atoms with Gasteiger partial charge >= 0.3 is 0 Å². The van der Waals surface area contributed by atoms with Crippen LogP contribution >= 0.6 is 11.3 Å². The lowest BCUT2D eigenvalue weighted by Crippen LogP contribution is -2.69. The van der Waals surface area contributed by atoms with Gasteiger partial charge in [0.2, 0.25) is 5.91 Å². The van der Waals surface area contributed by atoms with E-state index in [0.29, 0.717) is 25.9 Å². The third-order valence-corrected chi connectivity index (χ3v) is 6.53. The SMILES string of the molecule is C[C@]1(NC(=O)Cn2cccn2)CCOC2(CCN(c3nccs3)CC2)[C@@H]1O. The first kappa shape index (κ1) is 18.4. The van der Waals surface area contributed by atoms with Gasteiger partial charge in [0.25, 0.3) is 0 Å². The van der Waals surface area contributed by atoms with E-state index in [1.165, 1.54) is 0 Å². The second kappa shape index (κ2) is 7.21. The van der Waals surface area contributed by atoms with E-state index in [4.69, 9.17) is 4.74 Å². The summed E-state index contributed by atoms with van der Waals surface area (Å²) in [6.45, 7) is 4.13. The molecule has 1 amide bonds. The molecule has 8 nitrogen and oxygen atoms in total. The number of aliphatic hydroxyl groups excluding tert-OH is 1. The zero-order valence-corrected chi connectivity index (χ0v) is 16.2. The number of thiazole rings is 1. The Bertz CT molecular complexity index is 758. The maximum absolute atomic E-state index is 12.5. The zero-order valence-electron chi connectivity index (χ0n) is 15.4. The molecule has 2 saturated heterocycles. The lowest BCUT2D eigenvalue weighted by Gasteiger charge is -2.53. The van der Waals surface area contributed by atoms with Crippen LogP contribution in [0.2, 0.25) is 0 Å². The lowest BCUT2D eigenvalue weighted by atomic mass is 9.73. The molecular formula is C18H25N5O3S. The number of aromatic nitrogens is 3. The van der Waals surface area contributed by atoms with Gasteiger partial charge in [0.15, 0.2) is 5.13 Å². The normalized spacial score (nSPS) is 27.6. The van der Waals surface area contributed by atoms with E-state index in [2.05, 4.69) is 20.3 Å². The quantitative estimate of drug-likeness (QED) is 0.809. The largest absolute Gasteiger partial charge is 0.388 e. The van der Waals surface area contributed by atoms with Crippen molar-refractivity contribution in [2.45, 2.75) is 50.0 Å². The first-order valence-corrected chi connectivity index (χ1v) is 10.1. The fourth-order valence-corrected chi connectivity index (χ4v) is 4.86. The second-order valence-electron chi connectivity index (χ2n) is 7.54. The van der Waals surface area contributed by atoms with Gasteiger partial charge in [0, 0.05) is 43.7 Å². The highest BCUT2D eigenvalue weighted by molar-refractivity contribution is 7.13. The molecule has 0 bridgehead atoms. The van der Waals surface area contributed by atoms with Crippen molar-refractivity contribution in [1.82, 2.24) is 20.1 Å². The monoisotopic (exact) mass is 391 g/mol. The number of hydrogen-bond acceptors (Lipinski definition) is 7. The van der Waals surface area contributed by atoms with Crippen LogP contribution in [0.5, 0.6) is 0 Å². The van der Waals surface area contributed by atoms with E-state index < -0.39 is 17.2 Å². The number of piperidine rings is 1. The molecule has 146 valence electrons. The minimum atomic E-state index is -0.765. The number of nitrogens with one attached hydrogen (secondary N) is 1. The van der Waals surface area contributed by atoms with Crippen molar-refractivity contribution in [3.05, 3.63) is 30.0 Å². The molecular weight excluding hydrogens is 366 g/mol. The van der Waals surface area contributed by atoms with Crippen LogP contribution in [0.4, 0.5) is 5.13 Å². The van der Waals surface area contributed by atoms with Gasteiger partial charge in [-0.1, -0.05) is 0 Å². The fourth-order valence-electron chi connectivity index (χ4n) is 4.16. The van der Waals surface area contributed by atoms with E-state index in [-0.39, 0.29) is 12.5 Å². The number of ether oxygens (including phenoxy) is 1. The molecule has 0 aliphatic carbocycles. The third-order valence-electron chi connectivity index (χ3n) is 5.70. The average molecular weight is 391 g/mol. The Morgan fingerprint density at radius 3 is 2.89 bits per heavy atom. The molecule has 2 atom stereocenters. The molecule has 1 spiro atoms. The summed E-state index contributed by atoms with van der Waals surface area (Å²) in [6.07, 6.45) is 6.43. The molecule has 4 rings (SSSR count). The molecule has 2 N–H and O–H groups in total. The number of anilines is 1. The van der Waals surface area contributed by atoms with Crippen molar-refractivity contribution in [1.29, 1.82) is 0 Å². The summed E-state index contributed by atoms with van der Waals surface area (Å²) in [7, 11) is 0. The van der Waals surface area contributed by atoms with E-state index in [1.54, 1.807) is 34.5 Å². The van der Waals surface area contributed by atoms with Gasteiger partial charge in [-0.2, -0.15) is 5.10 Å². The van der Waals surface area contributed by atoms with Crippen molar-refractivity contribution >= 4 is 22.4 Å². The summed E-state index contributed by atoms with van der Waals surface area (Å²) in [4.78, 5) is 19.1. The van der Waals surface area contributed by atoms with Crippen molar-refractivity contribution in [2.24, 2.45) is 0 Å². The van der Waals surface area contributed by atoms with Crippen LogP contribution in [0.25, 0.3) is 0 Å². The van der Waals surface area contributed by atoms with Crippen molar-refractivity contribution < 1.29 is 14.6 Å². The molecule has 2 aliphatic heterocycles. The molecule has 0 unspecified atom stereocenters. The predicted octanol–water partition coefficient (Wildman–Crippen LogP) is 1.03. The molecule has 27 heavy (non-hydrogen) atoms. The van der Waals surface area contributed by atoms with Crippen LogP contribution in [0.1, 0.15) is 26.2 Å². The summed E-state index contributed by atoms with van der Waals surface area (Å²) in [6, 6.07) is 1.78. The van der Waals surface area contributed by atoms with E-state index in [9.17, 15) is 9.90 Å². The maximum Gasteiger partial charge on any atom is 0.242 e. The van der Waals surface area contributed by atoms with Gasteiger partial charge in [0.1, 0.15) is 12.6 Å². The number of hydrogen-bond donors (Lipinski definition) is 2. The highest BCUT2D eigenvalue weighted by Crippen LogP contribution is 2.40. The topological polar surface area (TPSA) is 92.5 Å². The van der Waals surface area contributed by atoms with Gasteiger partial charge in [-0.25, -0.2) is 4.98 Å². The number of rotatable bonds is 4. The summed E-state index contributed by atoms with van der Waals surface area (Å²) < 4.78 is 7.68. The first-order valence-electron chi connectivity index (χ1n) is 9.26. The van der Waals surface area contributed by atoms with E-state index in [0.717, 1.165) is 18.2 Å². The van der Waals surface area contributed by atoms with Crippen LogP contribution in [0.15, 0.2) is 30.0 Å². The van der Waals surface area contributed by atoms with E-state index in [1.807, 2.05) is 18.5 Å². The number of carbonyl (C=O) groups excluding carboxylic acids is 1. The highest BCUT2D eigenvalue weighted by atomic mass is 32.1. The molecule has 2 fully saturated rings. The Labute approximate surface area is 162 Å². The van der Waals surface area contributed by atoms with Crippen LogP contribution < -0.4 is 10.2 Å². The van der Waals surface area contributed by atoms with Crippen molar-refractivity contribution in [2.75, 3.05) is 24.6 Å². The Morgan fingerprint density at radius 2 is 2.22 bits per heavy atom. The summed E-state index contributed by atoms with van der Waals surface area (Å²) in [5.41, 5.74) is -1.34. The first-order chi connectivity index (χ1) is 13.0. The highest BCUT2D eigenvalue weighted by Gasteiger charge is 2.53. The zero-order chi connectivity index (χ0) is 18.9. The minimum Gasteiger partial charge on any atom is -0.388 e. The number of aliphatic hydroxyl groups is 1. The Kier molecular flexibility index (Phi) is 4.92. The third kappa shape index (κ3) is 3.59. The van der Waals surface area contributed by atoms with Crippen LogP contribution in [-0.4, -0.2) is 62.7 Å². The molecule has 9 heteroatoms. The van der Waals surface area contributed by atoms with Gasteiger partial charge in [-0.3, -0.25) is 9.48 Å². The van der Waals surface area contributed by atoms with Crippen LogP contribution in [0.3, 0.4) is 0 Å². The molecule has 0 aromatic carbocycles. The number of carbonyl (C=O) groups is 1. The number of nitrogens with zero attached hydrogens (tertiary/aromatic N) is 4. The predicted molar refractivity (Wildman–Crippen MR) is 102 cm³/mol. The van der Waals surface area contributed by atoms with Gasteiger partial charge in [0.05, 0.1) is 11.1 Å². The van der Waals surface area contributed by atoms with Crippen LogP contribution in [-0.2, 0) is 16.1 Å². The molecule has 2 aromatic rings.